The van der Waals surface area contributed by atoms with Crippen LogP contribution in [0.3, 0.4) is 0 Å². The summed E-state index contributed by atoms with van der Waals surface area (Å²) in [5.74, 6) is -2.00. The molecule has 1 unspecified atom stereocenters. The van der Waals surface area contributed by atoms with Crippen LogP contribution in [0.25, 0.3) is 0 Å². The van der Waals surface area contributed by atoms with Crippen molar-refractivity contribution in [1.29, 1.82) is 0 Å². The van der Waals surface area contributed by atoms with Gasteiger partial charge < -0.3 is 10.4 Å². The number of halogens is 1. The number of nitrogens with one attached hydrogen (secondary N) is 1. The number of hydrogen-bond donors (Lipinski definition) is 2. The Kier molecular flexibility index (Phi) is 4.87. The standard InChI is InChI=1S/C15H20FNO3/c1-9(15(2,3)4)7-13(18)17-12-8-10(16)5-6-11(12)14(19)20/h5-6,8-9H,7H2,1-4H3,(H,17,18)(H,19,20). The predicted octanol–water partition coefficient (Wildman–Crippen LogP) is 3.53. The molecular weight excluding hydrogens is 261 g/mol. The molecule has 0 bridgehead atoms. The van der Waals surface area contributed by atoms with E-state index in [2.05, 4.69) is 5.32 Å². The Bertz CT molecular complexity index is 520. The number of carbonyl (C=O) groups is 2. The van der Waals surface area contributed by atoms with Gasteiger partial charge >= 0.3 is 5.97 Å². The average molecular weight is 281 g/mol. The van der Waals surface area contributed by atoms with E-state index in [1.54, 1.807) is 0 Å². The highest BCUT2D eigenvalue weighted by atomic mass is 19.1. The lowest BCUT2D eigenvalue weighted by Gasteiger charge is -2.26. The summed E-state index contributed by atoms with van der Waals surface area (Å²) in [4.78, 5) is 23.0. The molecule has 1 aromatic carbocycles. The van der Waals surface area contributed by atoms with Crippen molar-refractivity contribution in [1.82, 2.24) is 0 Å². The summed E-state index contributed by atoms with van der Waals surface area (Å²) in [6.07, 6.45) is 0.249. The highest BCUT2D eigenvalue weighted by Crippen LogP contribution is 2.28. The Morgan fingerprint density at radius 2 is 1.95 bits per heavy atom. The van der Waals surface area contributed by atoms with Crippen molar-refractivity contribution >= 4 is 17.6 Å². The zero-order valence-electron chi connectivity index (χ0n) is 12.2. The Balaban J connectivity index is 2.86. The second-order valence-electron chi connectivity index (χ2n) is 6.01. The minimum Gasteiger partial charge on any atom is -0.478 e. The minimum atomic E-state index is -1.20. The number of carboxylic acids is 1. The zero-order chi connectivity index (χ0) is 15.5. The maximum Gasteiger partial charge on any atom is 0.337 e. The summed E-state index contributed by atoms with van der Waals surface area (Å²) in [6.45, 7) is 8.02. The molecule has 110 valence electrons. The molecule has 0 heterocycles. The molecule has 0 saturated heterocycles. The van der Waals surface area contributed by atoms with Crippen LogP contribution < -0.4 is 5.32 Å². The lowest BCUT2D eigenvalue weighted by Crippen LogP contribution is -2.24. The number of aromatic carboxylic acids is 1. The van der Waals surface area contributed by atoms with Crippen molar-refractivity contribution in [3.8, 4) is 0 Å². The SMILES string of the molecule is CC(CC(=O)Nc1cc(F)ccc1C(=O)O)C(C)(C)C. The number of anilines is 1. The Hall–Kier alpha value is -1.91. The van der Waals surface area contributed by atoms with Gasteiger partial charge in [-0.2, -0.15) is 0 Å². The molecule has 2 N–H and O–H groups in total. The molecule has 1 atom stereocenters. The molecule has 20 heavy (non-hydrogen) atoms. The first-order chi connectivity index (χ1) is 9.11. The summed E-state index contributed by atoms with van der Waals surface area (Å²) in [5, 5.41) is 11.5. The summed E-state index contributed by atoms with van der Waals surface area (Å²) >= 11 is 0. The van der Waals surface area contributed by atoms with Gasteiger partial charge in [0.25, 0.3) is 0 Å². The second-order valence-corrected chi connectivity index (χ2v) is 6.01. The van der Waals surface area contributed by atoms with Crippen LogP contribution in [0.4, 0.5) is 10.1 Å². The lowest BCUT2D eigenvalue weighted by molar-refractivity contribution is -0.117. The Morgan fingerprint density at radius 3 is 2.45 bits per heavy atom. The molecule has 5 heteroatoms. The molecule has 4 nitrogen and oxygen atoms in total. The summed E-state index contributed by atoms with van der Waals surface area (Å²) in [7, 11) is 0. The van der Waals surface area contributed by atoms with Crippen molar-refractivity contribution in [2.75, 3.05) is 5.32 Å². The Labute approximate surface area is 118 Å². The number of rotatable bonds is 4. The first kappa shape index (κ1) is 16.1. The molecular formula is C15H20FNO3. The third kappa shape index (κ3) is 4.33. The number of carboxylic acid groups (broad SMARTS) is 1. The molecule has 0 aromatic heterocycles. The van der Waals surface area contributed by atoms with Crippen molar-refractivity contribution < 1.29 is 19.1 Å². The van der Waals surface area contributed by atoms with Crippen LogP contribution in [0.15, 0.2) is 18.2 Å². The molecule has 0 saturated carbocycles. The number of benzene rings is 1. The molecule has 1 aromatic rings. The van der Waals surface area contributed by atoms with Gasteiger partial charge in [0, 0.05) is 6.42 Å². The third-order valence-electron chi connectivity index (χ3n) is 3.46. The second kappa shape index (κ2) is 6.03. The van der Waals surface area contributed by atoms with E-state index in [1.807, 2.05) is 27.7 Å². The predicted molar refractivity (Wildman–Crippen MR) is 75.2 cm³/mol. The van der Waals surface area contributed by atoms with Gasteiger partial charge in [0.05, 0.1) is 11.3 Å². The zero-order valence-corrected chi connectivity index (χ0v) is 12.2. The van der Waals surface area contributed by atoms with Crippen molar-refractivity contribution in [3.63, 3.8) is 0 Å². The third-order valence-corrected chi connectivity index (χ3v) is 3.46. The lowest BCUT2D eigenvalue weighted by atomic mass is 9.80. The van der Waals surface area contributed by atoms with E-state index >= 15 is 0 Å². The fourth-order valence-electron chi connectivity index (χ4n) is 1.59. The fourth-order valence-corrected chi connectivity index (χ4v) is 1.59. The van der Waals surface area contributed by atoms with Crippen LogP contribution in [-0.4, -0.2) is 17.0 Å². The summed E-state index contributed by atoms with van der Waals surface area (Å²) in [6, 6.07) is 3.21. The molecule has 0 aliphatic carbocycles. The van der Waals surface area contributed by atoms with Gasteiger partial charge in [-0.3, -0.25) is 4.79 Å². The van der Waals surface area contributed by atoms with Gasteiger partial charge in [-0.05, 0) is 29.5 Å². The monoisotopic (exact) mass is 281 g/mol. The van der Waals surface area contributed by atoms with Gasteiger partial charge in [0.15, 0.2) is 0 Å². The number of carbonyl (C=O) groups excluding carboxylic acids is 1. The quantitative estimate of drug-likeness (QED) is 0.887. The summed E-state index contributed by atoms with van der Waals surface area (Å²) < 4.78 is 13.2. The van der Waals surface area contributed by atoms with Gasteiger partial charge in [0.2, 0.25) is 5.91 Å². The first-order valence-corrected chi connectivity index (χ1v) is 6.44. The molecule has 0 fully saturated rings. The van der Waals surface area contributed by atoms with E-state index in [1.165, 1.54) is 0 Å². The van der Waals surface area contributed by atoms with E-state index in [0.717, 1.165) is 18.2 Å². The molecule has 0 radical (unpaired) electrons. The molecule has 1 amide bonds. The average Bonchev–Trinajstić information content (AvgIpc) is 2.26. The highest BCUT2D eigenvalue weighted by Gasteiger charge is 2.23. The first-order valence-electron chi connectivity index (χ1n) is 6.44. The van der Waals surface area contributed by atoms with Crippen LogP contribution in [0, 0.1) is 17.2 Å². The topological polar surface area (TPSA) is 66.4 Å². The van der Waals surface area contributed by atoms with Gasteiger partial charge in [0.1, 0.15) is 5.82 Å². The van der Waals surface area contributed by atoms with Crippen LogP contribution in [0.2, 0.25) is 0 Å². The van der Waals surface area contributed by atoms with Crippen LogP contribution in [0.5, 0.6) is 0 Å². The van der Waals surface area contributed by atoms with Crippen molar-refractivity contribution in [3.05, 3.63) is 29.6 Å². The smallest absolute Gasteiger partial charge is 0.337 e. The largest absolute Gasteiger partial charge is 0.478 e. The van der Waals surface area contributed by atoms with Crippen LogP contribution in [0.1, 0.15) is 44.5 Å². The molecule has 0 aliphatic heterocycles. The van der Waals surface area contributed by atoms with E-state index in [4.69, 9.17) is 5.11 Å². The van der Waals surface area contributed by atoms with Crippen molar-refractivity contribution in [2.45, 2.75) is 34.1 Å². The Morgan fingerprint density at radius 1 is 1.35 bits per heavy atom. The number of hydrogen-bond acceptors (Lipinski definition) is 2. The van der Waals surface area contributed by atoms with Gasteiger partial charge in [-0.15, -0.1) is 0 Å². The van der Waals surface area contributed by atoms with E-state index in [0.29, 0.717) is 0 Å². The van der Waals surface area contributed by atoms with E-state index in [-0.39, 0.29) is 34.9 Å². The fraction of sp³-hybridized carbons (Fsp3) is 0.467. The minimum absolute atomic E-state index is 0.0105. The van der Waals surface area contributed by atoms with Crippen LogP contribution >= 0.6 is 0 Å². The van der Waals surface area contributed by atoms with Crippen LogP contribution in [-0.2, 0) is 4.79 Å². The molecule has 0 aliphatic rings. The van der Waals surface area contributed by atoms with Gasteiger partial charge in [-0.25, -0.2) is 9.18 Å². The number of amides is 1. The normalized spacial score (nSPS) is 12.8. The van der Waals surface area contributed by atoms with Crippen molar-refractivity contribution in [2.24, 2.45) is 11.3 Å². The summed E-state index contributed by atoms with van der Waals surface area (Å²) in [5.41, 5.74) is -0.165. The van der Waals surface area contributed by atoms with Gasteiger partial charge in [-0.1, -0.05) is 27.7 Å². The maximum absolute atomic E-state index is 13.2. The van der Waals surface area contributed by atoms with E-state index in [9.17, 15) is 14.0 Å². The van der Waals surface area contributed by atoms with E-state index < -0.39 is 11.8 Å². The highest BCUT2D eigenvalue weighted by molar-refractivity contribution is 6.00. The maximum atomic E-state index is 13.2. The molecule has 0 spiro atoms. The molecule has 1 rings (SSSR count).